The number of aromatic nitrogens is 1. The second kappa shape index (κ2) is 6.35. The lowest BCUT2D eigenvalue weighted by atomic mass is 9.78. The molecular weight excluding hydrogens is 258 g/mol. The molecule has 0 aromatic carbocycles. The van der Waals surface area contributed by atoms with Crippen LogP contribution in [0.3, 0.4) is 0 Å². The van der Waals surface area contributed by atoms with Gasteiger partial charge in [0.2, 0.25) is 0 Å². The van der Waals surface area contributed by atoms with E-state index in [4.69, 9.17) is 10.7 Å². The maximum Gasteiger partial charge on any atom is 0.129 e. The van der Waals surface area contributed by atoms with Gasteiger partial charge in [0, 0.05) is 24.8 Å². The molecular formula is C18H29N3. The van der Waals surface area contributed by atoms with Crippen LogP contribution in [0.15, 0.2) is 12.1 Å². The summed E-state index contributed by atoms with van der Waals surface area (Å²) in [6.07, 6.45) is 8.28. The van der Waals surface area contributed by atoms with E-state index < -0.39 is 0 Å². The molecule has 3 nitrogen and oxygen atoms in total. The van der Waals surface area contributed by atoms with Gasteiger partial charge in [-0.25, -0.2) is 4.98 Å². The molecule has 0 amide bonds. The Kier molecular flexibility index (Phi) is 4.48. The number of pyridine rings is 1. The maximum absolute atomic E-state index is 5.90. The Morgan fingerprint density at radius 3 is 2.71 bits per heavy atom. The van der Waals surface area contributed by atoms with Crippen LogP contribution in [-0.4, -0.2) is 17.6 Å². The fraction of sp³-hybridized carbons (Fsp3) is 0.722. The minimum absolute atomic E-state index is 0.460. The van der Waals surface area contributed by atoms with Gasteiger partial charge in [0.15, 0.2) is 0 Å². The Morgan fingerprint density at radius 2 is 1.95 bits per heavy atom. The number of hydrogen-bond donors (Lipinski definition) is 1. The van der Waals surface area contributed by atoms with Crippen molar-refractivity contribution < 1.29 is 0 Å². The highest BCUT2D eigenvalue weighted by atomic mass is 15.2. The van der Waals surface area contributed by atoms with E-state index in [0.29, 0.717) is 18.5 Å². The first-order valence-corrected chi connectivity index (χ1v) is 8.66. The van der Waals surface area contributed by atoms with Crippen molar-refractivity contribution in [2.45, 2.75) is 70.9 Å². The molecule has 2 unspecified atom stereocenters. The van der Waals surface area contributed by atoms with Crippen LogP contribution in [-0.2, 0) is 6.54 Å². The van der Waals surface area contributed by atoms with Crippen molar-refractivity contribution in [3.05, 3.63) is 23.4 Å². The van der Waals surface area contributed by atoms with Crippen LogP contribution in [0.1, 0.15) is 69.5 Å². The zero-order chi connectivity index (χ0) is 14.8. The summed E-state index contributed by atoms with van der Waals surface area (Å²) in [5.41, 5.74) is 8.31. The molecule has 2 heterocycles. The Morgan fingerprint density at radius 1 is 1.19 bits per heavy atom. The largest absolute Gasteiger partial charge is 0.353 e. The molecule has 0 spiro atoms. The van der Waals surface area contributed by atoms with Crippen molar-refractivity contribution in [1.29, 1.82) is 0 Å². The van der Waals surface area contributed by atoms with Gasteiger partial charge in [0.1, 0.15) is 5.82 Å². The molecule has 0 radical (unpaired) electrons. The molecule has 21 heavy (non-hydrogen) atoms. The molecule has 1 saturated heterocycles. The van der Waals surface area contributed by atoms with Crippen LogP contribution in [0.25, 0.3) is 0 Å². The molecule has 2 aliphatic rings. The van der Waals surface area contributed by atoms with E-state index in [1.54, 1.807) is 0 Å². The third-order valence-electron chi connectivity index (χ3n) is 5.26. The molecule has 1 aromatic heterocycles. The first-order chi connectivity index (χ1) is 10.2. The first-order valence-electron chi connectivity index (χ1n) is 8.66. The Labute approximate surface area is 128 Å². The lowest BCUT2D eigenvalue weighted by molar-refractivity contribution is 0.242. The zero-order valence-corrected chi connectivity index (χ0v) is 13.5. The van der Waals surface area contributed by atoms with E-state index in [1.807, 2.05) is 0 Å². The summed E-state index contributed by atoms with van der Waals surface area (Å²) in [5.74, 6) is 2.53. The van der Waals surface area contributed by atoms with E-state index in [0.717, 1.165) is 5.92 Å². The lowest BCUT2D eigenvalue weighted by Crippen LogP contribution is -2.47. The summed E-state index contributed by atoms with van der Waals surface area (Å²) in [6.45, 7) is 6.20. The van der Waals surface area contributed by atoms with E-state index in [2.05, 4.69) is 30.9 Å². The number of rotatable bonds is 3. The van der Waals surface area contributed by atoms with Gasteiger partial charge in [-0.2, -0.15) is 0 Å². The summed E-state index contributed by atoms with van der Waals surface area (Å²) in [4.78, 5) is 7.56. The normalized spacial score (nSPS) is 26.0. The van der Waals surface area contributed by atoms with Crippen molar-refractivity contribution in [1.82, 2.24) is 4.98 Å². The fourth-order valence-corrected chi connectivity index (χ4v) is 4.06. The van der Waals surface area contributed by atoms with E-state index in [1.165, 1.54) is 62.1 Å². The average Bonchev–Trinajstić information content (AvgIpc) is 2.53. The van der Waals surface area contributed by atoms with Crippen LogP contribution < -0.4 is 10.6 Å². The summed E-state index contributed by atoms with van der Waals surface area (Å²) < 4.78 is 0. The maximum atomic E-state index is 5.90. The van der Waals surface area contributed by atoms with Gasteiger partial charge >= 0.3 is 0 Å². The molecule has 1 saturated carbocycles. The minimum atomic E-state index is 0.460. The number of anilines is 1. The van der Waals surface area contributed by atoms with Gasteiger partial charge in [-0.1, -0.05) is 26.7 Å². The Balaban J connectivity index is 1.92. The highest BCUT2D eigenvalue weighted by molar-refractivity contribution is 5.45. The topological polar surface area (TPSA) is 42.1 Å². The molecule has 1 aliphatic carbocycles. The van der Waals surface area contributed by atoms with Gasteiger partial charge in [0.25, 0.3) is 0 Å². The predicted molar refractivity (Wildman–Crippen MR) is 88.5 cm³/mol. The number of nitrogens with two attached hydrogens (primary N) is 1. The van der Waals surface area contributed by atoms with E-state index in [9.17, 15) is 0 Å². The van der Waals surface area contributed by atoms with Crippen molar-refractivity contribution >= 4 is 5.82 Å². The summed E-state index contributed by atoms with van der Waals surface area (Å²) in [7, 11) is 0. The van der Waals surface area contributed by atoms with Crippen LogP contribution in [0.4, 0.5) is 5.82 Å². The van der Waals surface area contributed by atoms with E-state index >= 15 is 0 Å². The molecule has 116 valence electrons. The van der Waals surface area contributed by atoms with E-state index in [-0.39, 0.29) is 0 Å². The third kappa shape index (κ3) is 3.08. The highest BCUT2D eigenvalue weighted by Gasteiger charge is 2.34. The monoisotopic (exact) mass is 287 g/mol. The molecule has 3 rings (SSSR count). The van der Waals surface area contributed by atoms with Crippen molar-refractivity contribution in [3.63, 3.8) is 0 Å². The molecule has 2 N–H and O–H groups in total. The number of piperidine rings is 1. The Bertz CT molecular complexity index is 481. The fourth-order valence-electron chi connectivity index (χ4n) is 4.06. The summed E-state index contributed by atoms with van der Waals surface area (Å²) in [5, 5.41) is 0. The average molecular weight is 287 g/mol. The molecule has 2 fully saturated rings. The van der Waals surface area contributed by atoms with Gasteiger partial charge < -0.3 is 10.6 Å². The first kappa shape index (κ1) is 14.8. The number of hydrogen-bond acceptors (Lipinski definition) is 3. The highest BCUT2D eigenvalue weighted by Crippen LogP contribution is 2.37. The lowest BCUT2D eigenvalue weighted by Gasteiger charge is -2.45. The Hall–Kier alpha value is -1.09. The van der Waals surface area contributed by atoms with Crippen LogP contribution >= 0.6 is 0 Å². The van der Waals surface area contributed by atoms with Crippen molar-refractivity contribution in [3.8, 4) is 0 Å². The third-order valence-corrected chi connectivity index (χ3v) is 5.26. The standard InChI is InChI=1S/C18H29N3/c1-13(2)16-10-14(12-19)11-18(20-16)21-9-5-7-15-6-3-4-8-17(15)21/h10-11,13,15,17H,3-9,12,19H2,1-2H3. The van der Waals surface area contributed by atoms with Gasteiger partial charge in [0.05, 0.1) is 0 Å². The van der Waals surface area contributed by atoms with Gasteiger partial charge in [-0.15, -0.1) is 0 Å². The SMILES string of the molecule is CC(C)c1cc(CN)cc(N2CCCC3CCCCC32)n1. The molecule has 1 aliphatic heterocycles. The summed E-state index contributed by atoms with van der Waals surface area (Å²) in [6, 6.07) is 5.12. The smallest absolute Gasteiger partial charge is 0.129 e. The quantitative estimate of drug-likeness (QED) is 0.919. The number of nitrogens with zero attached hydrogens (tertiary/aromatic N) is 2. The minimum Gasteiger partial charge on any atom is -0.353 e. The molecule has 3 heteroatoms. The van der Waals surface area contributed by atoms with Gasteiger partial charge in [-0.3, -0.25) is 0 Å². The van der Waals surface area contributed by atoms with Crippen molar-refractivity contribution in [2.24, 2.45) is 11.7 Å². The number of fused-ring (bicyclic) bond motifs is 1. The second-order valence-electron chi connectivity index (χ2n) is 7.06. The van der Waals surface area contributed by atoms with Crippen LogP contribution in [0.5, 0.6) is 0 Å². The summed E-state index contributed by atoms with van der Waals surface area (Å²) >= 11 is 0. The predicted octanol–water partition coefficient (Wildman–Crippen LogP) is 3.82. The van der Waals surface area contributed by atoms with Crippen LogP contribution in [0.2, 0.25) is 0 Å². The van der Waals surface area contributed by atoms with Crippen molar-refractivity contribution in [2.75, 3.05) is 11.4 Å². The van der Waals surface area contributed by atoms with Gasteiger partial charge in [-0.05, 0) is 55.2 Å². The second-order valence-corrected chi connectivity index (χ2v) is 7.06. The zero-order valence-electron chi connectivity index (χ0n) is 13.5. The van der Waals surface area contributed by atoms with Crippen LogP contribution in [0, 0.1) is 5.92 Å². The molecule has 0 bridgehead atoms. The molecule has 2 atom stereocenters. The molecule has 1 aromatic rings.